The Morgan fingerprint density at radius 3 is 2.61 bits per heavy atom. The van der Waals surface area contributed by atoms with Crippen LogP contribution in [0.4, 0.5) is 0 Å². The summed E-state index contributed by atoms with van der Waals surface area (Å²) in [5, 5.41) is 9.83. The maximum atomic E-state index is 13.0. The van der Waals surface area contributed by atoms with E-state index in [-0.39, 0.29) is 11.5 Å². The van der Waals surface area contributed by atoms with Crippen LogP contribution < -0.4 is 0 Å². The average molecular weight is 438 g/mol. The largest absolute Gasteiger partial charge is 0.506 e. The number of nitrogens with zero attached hydrogens (tertiary/aromatic N) is 2. The number of ketones is 1. The number of aromatic hydroxyl groups is 1. The smallest absolute Gasteiger partial charge is 0.211 e. The first-order valence-electron chi connectivity index (χ1n) is 7.21. The van der Waals surface area contributed by atoms with Gasteiger partial charge in [0.05, 0.1) is 14.6 Å². The van der Waals surface area contributed by atoms with Crippen molar-refractivity contribution in [3.63, 3.8) is 0 Å². The van der Waals surface area contributed by atoms with Crippen LogP contribution >= 0.6 is 31.9 Å². The van der Waals surface area contributed by atoms with Crippen LogP contribution in [0.2, 0.25) is 0 Å². The molecule has 0 spiro atoms. The summed E-state index contributed by atoms with van der Waals surface area (Å²) < 4.78 is 2.77. The van der Waals surface area contributed by atoms with Crippen molar-refractivity contribution >= 4 is 43.3 Å². The zero-order chi connectivity index (χ0) is 16.6. The Bertz CT molecular complexity index is 880. The van der Waals surface area contributed by atoms with Crippen molar-refractivity contribution in [1.29, 1.82) is 0 Å². The lowest BCUT2D eigenvalue weighted by Gasteiger charge is -2.07. The van der Waals surface area contributed by atoms with Crippen LogP contribution in [-0.2, 0) is 6.42 Å². The first-order chi connectivity index (χ1) is 11.0. The molecular formula is C17H14Br2N2O2. The van der Waals surface area contributed by atoms with Gasteiger partial charge in [0, 0.05) is 11.8 Å². The van der Waals surface area contributed by atoms with E-state index in [1.165, 1.54) is 0 Å². The molecule has 3 rings (SSSR count). The zero-order valence-electron chi connectivity index (χ0n) is 12.4. The third-order valence-electron chi connectivity index (χ3n) is 3.58. The van der Waals surface area contributed by atoms with Gasteiger partial charge in [-0.1, -0.05) is 19.4 Å². The van der Waals surface area contributed by atoms with Crippen LogP contribution in [0.15, 0.2) is 45.5 Å². The van der Waals surface area contributed by atoms with Gasteiger partial charge in [-0.25, -0.2) is 4.98 Å². The SMILES string of the molecule is CCCc1nc2ccccn2c1C(=O)c1cc(Br)c(O)c(Br)c1. The fourth-order valence-corrected chi connectivity index (χ4v) is 3.72. The van der Waals surface area contributed by atoms with E-state index in [0.29, 0.717) is 20.2 Å². The van der Waals surface area contributed by atoms with Crippen LogP contribution in [0.3, 0.4) is 0 Å². The Morgan fingerprint density at radius 1 is 1.26 bits per heavy atom. The number of hydrogen-bond acceptors (Lipinski definition) is 3. The van der Waals surface area contributed by atoms with Gasteiger partial charge < -0.3 is 5.11 Å². The van der Waals surface area contributed by atoms with Gasteiger partial charge in [0.1, 0.15) is 17.1 Å². The van der Waals surface area contributed by atoms with Crippen molar-refractivity contribution in [3.05, 3.63) is 62.4 Å². The van der Waals surface area contributed by atoms with Crippen LogP contribution in [0.25, 0.3) is 5.65 Å². The van der Waals surface area contributed by atoms with Gasteiger partial charge in [0.25, 0.3) is 0 Å². The minimum Gasteiger partial charge on any atom is -0.506 e. The molecule has 0 aliphatic rings. The summed E-state index contributed by atoms with van der Waals surface area (Å²) >= 11 is 6.55. The number of halogens is 2. The molecule has 0 fully saturated rings. The van der Waals surface area contributed by atoms with E-state index in [2.05, 4.69) is 43.8 Å². The molecule has 1 aromatic carbocycles. The maximum absolute atomic E-state index is 13.0. The molecule has 4 nitrogen and oxygen atoms in total. The molecule has 118 valence electrons. The molecular weight excluding hydrogens is 424 g/mol. The number of carbonyl (C=O) groups is 1. The van der Waals surface area contributed by atoms with Crippen molar-refractivity contribution in [2.45, 2.75) is 19.8 Å². The van der Waals surface area contributed by atoms with Crippen LogP contribution in [0, 0.1) is 0 Å². The standard InChI is InChI=1S/C17H14Br2N2O2/c1-2-5-13-15(21-7-4-3-6-14(21)20-13)16(22)10-8-11(18)17(23)12(19)9-10/h3-4,6-9,23H,2,5H2,1H3. The highest BCUT2D eigenvalue weighted by atomic mass is 79.9. The lowest BCUT2D eigenvalue weighted by atomic mass is 10.0. The number of hydrogen-bond donors (Lipinski definition) is 1. The molecule has 0 aliphatic carbocycles. The number of rotatable bonds is 4. The molecule has 0 bridgehead atoms. The number of pyridine rings is 1. The first kappa shape index (κ1) is 16.2. The van der Waals surface area contributed by atoms with E-state index in [1.54, 1.807) is 12.1 Å². The first-order valence-corrected chi connectivity index (χ1v) is 8.80. The maximum Gasteiger partial charge on any atom is 0.211 e. The normalized spacial score (nSPS) is 11.1. The fourth-order valence-electron chi connectivity index (χ4n) is 2.53. The van der Waals surface area contributed by atoms with E-state index in [9.17, 15) is 9.90 Å². The minimum atomic E-state index is -0.117. The molecule has 0 amide bonds. The van der Waals surface area contributed by atoms with Crippen molar-refractivity contribution < 1.29 is 9.90 Å². The second-order valence-electron chi connectivity index (χ2n) is 5.20. The summed E-state index contributed by atoms with van der Waals surface area (Å²) in [7, 11) is 0. The Hall–Kier alpha value is -1.66. The monoisotopic (exact) mass is 436 g/mol. The molecule has 0 aliphatic heterocycles. The summed E-state index contributed by atoms with van der Waals surface area (Å²) in [6.45, 7) is 2.06. The van der Waals surface area contributed by atoms with Gasteiger partial charge in [0.15, 0.2) is 0 Å². The lowest BCUT2D eigenvalue weighted by Crippen LogP contribution is -2.08. The van der Waals surface area contributed by atoms with Gasteiger partial charge >= 0.3 is 0 Å². The summed E-state index contributed by atoms with van der Waals surface area (Å²) in [6, 6.07) is 8.92. The van der Waals surface area contributed by atoms with E-state index in [1.807, 2.05) is 28.8 Å². The molecule has 1 N–H and O–H groups in total. The topological polar surface area (TPSA) is 54.6 Å². The highest BCUT2D eigenvalue weighted by molar-refractivity contribution is 9.11. The van der Waals surface area contributed by atoms with E-state index in [4.69, 9.17) is 0 Å². The number of benzene rings is 1. The second-order valence-corrected chi connectivity index (χ2v) is 6.91. The predicted molar refractivity (Wildman–Crippen MR) is 96.1 cm³/mol. The van der Waals surface area contributed by atoms with Gasteiger partial charge in [-0.2, -0.15) is 0 Å². The summed E-state index contributed by atoms with van der Waals surface area (Å²) in [5.41, 5.74) is 2.62. The van der Waals surface area contributed by atoms with Gasteiger partial charge in [-0.3, -0.25) is 9.20 Å². The van der Waals surface area contributed by atoms with Crippen molar-refractivity contribution in [2.24, 2.45) is 0 Å². The summed E-state index contributed by atoms with van der Waals surface area (Å²) in [6.07, 6.45) is 3.50. The molecule has 0 saturated heterocycles. The molecule has 2 aromatic heterocycles. The van der Waals surface area contributed by atoms with Gasteiger partial charge in [-0.15, -0.1) is 0 Å². The minimum absolute atomic E-state index is 0.0773. The summed E-state index contributed by atoms with van der Waals surface area (Å²) in [5.74, 6) is -0.0398. The predicted octanol–water partition coefficient (Wildman–Crippen LogP) is 4.75. The van der Waals surface area contributed by atoms with E-state index in [0.717, 1.165) is 24.2 Å². The van der Waals surface area contributed by atoms with E-state index < -0.39 is 0 Å². The number of aryl methyl sites for hydroxylation is 1. The summed E-state index contributed by atoms with van der Waals surface area (Å²) in [4.78, 5) is 17.6. The second kappa shape index (κ2) is 6.45. The third-order valence-corrected chi connectivity index (χ3v) is 4.79. The molecule has 6 heteroatoms. The Labute approximate surface area is 150 Å². The number of phenolic OH excluding ortho intramolecular Hbond substituents is 1. The van der Waals surface area contributed by atoms with Crippen LogP contribution in [-0.4, -0.2) is 20.3 Å². The number of carbonyl (C=O) groups excluding carboxylic acids is 1. The number of phenols is 1. The molecule has 3 aromatic rings. The van der Waals surface area contributed by atoms with Crippen LogP contribution in [0.1, 0.15) is 35.1 Å². The molecule has 0 unspecified atom stereocenters. The number of aromatic nitrogens is 2. The number of imidazole rings is 1. The Kier molecular flexibility index (Phi) is 4.55. The van der Waals surface area contributed by atoms with Gasteiger partial charge in [0.2, 0.25) is 5.78 Å². The number of fused-ring (bicyclic) bond motifs is 1. The third kappa shape index (κ3) is 2.93. The zero-order valence-corrected chi connectivity index (χ0v) is 15.6. The molecule has 0 atom stereocenters. The quantitative estimate of drug-likeness (QED) is 0.599. The highest BCUT2D eigenvalue weighted by Gasteiger charge is 2.21. The Morgan fingerprint density at radius 2 is 1.96 bits per heavy atom. The Balaban J connectivity index is 2.19. The molecule has 0 radical (unpaired) electrons. The highest BCUT2D eigenvalue weighted by Crippen LogP contribution is 2.34. The lowest BCUT2D eigenvalue weighted by molar-refractivity contribution is 0.103. The van der Waals surface area contributed by atoms with E-state index >= 15 is 0 Å². The molecule has 23 heavy (non-hydrogen) atoms. The van der Waals surface area contributed by atoms with Crippen molar-refractivity contribution in [2.75, 3.05) is 0 Å². The van der Waals surface area contributed by atoms with Gasteiger partial charge in [-0.05, 0) is 62.5 Å². The molecule has 2 heterocycles. The molecule has 0 saturated carbocycles. The van der Waals surface area contributed by atoms with Crippen molar-refractivity contribution in [1.82, 2.24) is 9.38 Å². The van der Waals surface area contributed by atoms with Crippen molar-refractivity contribution in [3.8, 4) is 5.75 Å². The van der Waals surface area contributed by atoms with Crippen LogP contribution in [0.5, 0.6) is 5.75 Å². The fraction of sp³-hybridized carbons (Fsp3) is 0.176. The average Bonchev–Trinajstić information content (AvgIpc) is 2.89.